The molecule has 1 aromatic carbocycles. The lowest BCUT2D eigenvalue weighted by Crippen LogP contribution is -2.39. The minimum Gasteiger partial charge on any atom is -0.496 e. The average Bonchev–Trinajstić information content (AvgIpc) is 2.65. The molecule has 0 atom stereocenters. The van der Waals surface area contributed by atoms with E-state index in [9.17, 15) is 0 Å². The van der Waals surface area contributed by atoms with Gasteiger partial charge in [0.15, 0.2) is 5.96 Å². The van der Waals surface area contributed by atoms with Gasteiger partial charge in [0, 0.05) is 25.3 Å². The molecule has 0 aromatic heterocycles. The van der Waals surface area contributed by atoms with E-state index in [1.54, 1.807) is 7.11 Å². The fraction of sp³-hybridized carbons (Fsp3) is 0.650. The molecule has 0 saturated heterocycles. The summed E-state index contributed by atoms with van der Waals surface area (Å²) in [4.78, 5) is 4.62. The Morgan fingerprint density at radius 3 is 2.44 bits per heavy atom. The summed E-state index contributed by atoms with van der Waals surface area (Å²) in [6.45, 7) is 11.0. The number of methoxy groups -OCH3 is 1. The molecular formula is C20H36IN3O3. The van der Waals surface area contributed by atoms with Gasteiger partial charge in [-0.2, -0.15) is 0 Å². The van der Waals surface area contributed by atoms with Gasteiger partial charge in [-0.3, -0.25) is 0 Å². The van der Waals surface area contributed by atoms with Crippen molar-refractivity contribution in [2.45, 2.75) is 40.2 Å². The highest BCUT2D eigenvalue weighted by atomic mass is 127. The molecule has 0 unspecified atom stereocenters. The van der Waals surface area contributed by atoms with Gasteiger partial charge >= 0.3 is 0 Å². The molecule has 156 valence electrons. The first-order valence-corrected chi connectivity index (χ1v) is 9.52. The zero-order valence-electron chi connectivity index (χ0n) is 17.2. The molecule has 2 N–H and O–H groups in total. The van der Waals surface area contributed by atoms with Crippen LogP contribution in [0.5, 0.6) is 5.75 Å². The van der Waals surface area contributed by atoms with E-state index in [0.717, 1.165) is 43.3 Å². The van der Waals surface area contributed by atoms with Crippen LogP contribution in [0.15, 0.2) is 23.2 Å². The molecule has 0 bridgehead atoms. The maximum Gasteiger partial charge on any atom is 0.191 e. The third-order valence-electron chi connectivity index (χ3n) is 3.75. The molecule has 0 aliphatic carbocycles. The van der Waals surface area contributed by atoms with Crippen molar-refractivity contribution in [1.29, 1.82) is 0 Å². The molecule has 6 nitrogen and oxygen atoms in total. The van der Waals surface area contributed by atoms with Crippen molar-refractivity contribution in [1.82, 2.24) is 10.6 Å². The Labute approximate surface area is 181 Å². The lowest BCUT2D eigenvalue weighted by molar-refractivity contribution is 0.0487. The predicted octanol–water partition coefficient (Wildman–Crippen LogP) is 3.51. The van der Waals surface area contributed by atoms with Gasteiger partial charge in [0.2, 0.25) is 0 Å². The van der Waals surface area contributed by atoms with Crippen molar-refractivity contribution in [2.24, 2.45) is 4.99 Å². The number of benzene rings is 1. The summed E-state index contributed by atoms with van der Waals surface area (Å²) in [5.41, 5.74) is 2.24. The summed E-state index contributed by atoms with van der Waals surface area (Å²) in [6.07, 6.45) is 2.27. The molecule has 0 aliphatic rings. The molecular weight excluding hydrogens is 457 g/mol. The number of halogens is 1. The lowest BCUT2D eigenvalue weighted by atomic mass is 10.1. The van der Waals surface area contributed by atoms with Crippen LogP contribution in [0.4, 0.5) is 0 Å². The van der Waals surface area contributed by atoms with Crippen molar-refractivity contribution in [3.8, 4) is 5.75 Å². The van der Waals surface area contributed by atoms with E-state index in [-0.39, 0.29) is 24.0 Å². The number of nitrogens with zero attached hydrogens (tertiary/aromatic N) is 1. The fourth-order valence-electron chi connectivity index (χ4n) is 2.30. The van der Waals surface area contributed by atoms with E-state index in [1.165, 1.54) is 5.56 Å². The van der Waals surface area contributed by atoms with Crippen molar-refractivity contribution >= 4 is 29.9 Å². The molecule has 7 heteroatoms. The van der Waals surface area contributed by atoms with Crippen molar-refractivity contribution in [2.75, 3.05) is 46.6 Å². The van der Waals surface area contributed by atoms with Crippen molar-refractivity contribution in [3.05, 3.63) is 29.3 Å². The Hall–Kier alpha value is -1.06. The standard InChI is InChI=1S/C20H35N3O3.HI/c1-5-7-11-25-13-14-26-12-10-22-20(21-6-2)23-16-18-9-8-17(3)15-19(18)24-4;/h8-9,15H,5-7,10-14,16H2,1-4H3,(H2,21,22,23);1H. The summed E-state index contributed by atoms with van der Waals surface area (Å²) in [5.74, 6) is 1.65. The molecule has 0 radical (unpaired) electrons. The van der Waals surface area contributed by atoms with E-state index in [1.807, 2.05) is 13.0 Å². The van der Waals surface area contributed by atoms with Crippen molar-refractivity contribution < 1.29 is 14.2 Å². The molecule has 0 aliphatic heterocycles. The first-order chi connectivity index (χ1) is 12.7. The number of aryl methyl sites for hydroxylation is 1. The molecule has 1 aromatic rings. The van der Waals surface area contributed by atoms with Gasteiger partial charge in [-0.1, -0.05) is 25.5 Å². The van der Waals surface area contributed by atoms with Gasteiger partial charge in [-0.05, 0) is 31.9 Å². The quantitative estimate of drug-likeness (QED) is 0.191. The van der Waals surface area contributed by atoms with Crippen LogP contribution in [0.2, 0.25) is 0 Å². The normalized spacial score (nSPS) is 11.0. The molecule has 0 amide bonds. The van der Waals surface area contributed by atoms with E-state index in [2.05, 4.69) is 41.6 Å². The predicted molar refractivity (Wildman–Crippen MR) is 123 cm³/mol. The fourth-order valence-corrected chi connectivity index (χ4v) is 2.30. The van der Waals surface area contributed by atoms with E-state index in [4.69, 9.17) is 14.2 Å². The number of nitrogens with one attached hydrogen (secondary N) is 2. The maximum atomic E-state index is 5.56. The highest BCUT2D eigenvalue weighted by Crippen LogP contribution is 2.20. The van der Waals surface area contributed by atoms with Crippen LogP contribution in [-0.2, 0) is 16.0 Å². The number of hydrogen-bond acceptors (Lipinski definition) is 4. The second-order valence-electron chi connectivity index (χ2n) is 6.02. The van der Waals surface area contributed by atoms with Crippen LogP contribution < -0.4 is 15.4 Å². The SMILES string of the molecule is CCCCOCCOCCNC(=NCc1ccc(C)cc1OC)NCC.I. The zero-order valence-corrected chi connectivity index (χ0v) is 19.5. The number of rotatable bonds is 13. The Morgan fingerprint density at radius 1 is 1.04 bits per heavy atom. The Kier molecular flexibility index (Phi) is 16.4. The second-order valence-corrected chi connectivity index (χ2v) is 6.02. The zero-order chi connectivity index (χ0) is 19.0. The highest BCUT2D eigenvalue weighted by Gasteiger charge is 2.03. The number of aliphatic imine (C=N–C) groups is 1. The van der Waals surface area contributed by atoms with Crippen LogP contribution in [0.3, 0.4) is 0 Å². The van der Waals surface area contributed by atoms with E-state index < -0.39 is 0 Å². The number of guanidine groups is 1. The maximum absolute atomic E-state index is 5.56. The summed E-state index contributed by atoms with van der Waals surface area (Å²) >= 11 is 0. The molecule has 0 heterocycles. The van der Waals surface area contributed by atoms with Gasteiger partial charge < -0.3 is 24.8 Å². The van der Waals surface area contributed by atoms with Gasteiger partial charge in [-0.25, -0.2) is 4.99 Å². The smallest absolute Gasteiger partial charge is 0.191 e. The Morgan fingerprint density at radius 2 is 1.78 bits per heavy atom. The van der Waals surface area contributed by atoms with Crippen LogP contribution >= 0.6 is 24.0 Å². The highest BCUT2D eigenvalue weighted by molar-refractivity contribution is 14.0. The van der Waals surface area contributed by atoms with Crippen LogP contribution in [0.1, 0.15) is 37.8 Å². The van der Waals surface area contributed by atoms with Gasteiger partial charge in [0.1, 0.15) is 5.75 Å². The largest absolute Gasteiger partial charge is 0.496 e. The van der Waals surface area contributed by atoms with Gasteiger partial charge in [0.25, 0.3) is 0 Å². The third-order valence-corrected chi connectivity index (χ3v) is 3.75. The van der Waals surface area contributed by atoms with Gasteiger partial charge in [-0.15, -0.1) is 24.0 Å². The van der Waals surface area contributed by atoms with Crippen LogP contribution in [0, 0.1) is 6.92 Å². The Balaban J connectivity index is 0.00000676. The van der Waals surface area contributed by atoms with Crippen LogP contribution in [-0.4, -0.2) is 52.6 Å². The monoisotopic (exact) mass is 493 g/mol. The summed E-state index contributed by atoms with van der Waals surface area (Å²) < 4.78 is 16.5. The number of ether oxygens (including phenoxy) is 3. The molecule has 0 saturated carbocycles. The first kappa shape index (κ1) is 25.9. The summed E-state index contributed by atoms with van der Waals surface area (Å²) in [7, 11) is 1.69. The van der Waals surface area contributed by atoms with E-state index >= 15 is 0 Å². The Bertz CT molecular complexity index is 527. The summed E-state index contributed by atoms with van der Waals surface area (Å²) in [5, 5.41) is 6.53. The lowest BCUT2D eigenvalue weighted by Gasteiger charge is -2.13. The molecule has 0 fully saturated rings. The average molecular weight is 493 g/mol. The van der Waals surface area contributed by atoms with Crippen molar-refractivity contribution in [3.63, 3.8) is 0 Å². The molecule has 0 spiro atoms. The number of unbranched alkanes of at least 4 members (excludes halogenated alkanes) is 1. The minimum absolute atomic E-state index is 0. The minimum atomic E-state index is 0. The first-order valence-electron chi connectivity index (χ1n) is 9.52. The molecule has 27 heavy (non-hydrogen) atoms. The van der Waals surface area contributed by atoms with E-state index in [0.29, 0.717) is 32.9 Å². The summed E-state index contributed by atoms with van der Waals surface area (Å²) in [6, 6.07) is 6.16. The van der Waals surface area contributed by atoms with Crippen LogP contribution in [0.25, 0.3) is 0 Å². The second kappa shape index (κ2) is 17.1. The number of hydrogen-bond donors (Lipinski definition) is 2. The van der Waals surface area contributed by atoms with Gasteiger partial charge in [0.05, 0.1) is 33.5 Å². The topological polar surface area (TPSA) is 64.1 Å². The third kappa shape index (κ3) is 12.1. The molecule has 1 rings (SSSR count).